The number of rotatable bonds is 5. The predicted octanol–water partition coefficient (Wildman–Crippen LogP) is 1.98. The minimum Gasteiger partial charge on any atom is -0.481 e. The van der Waals surface area contributed by atoms with E-state index in [1.807, 2.05) is 36.6 Å². The Labute approximate surface area is 115 Å². The number of aromatic nitrogens is 1. The second-order valence-electron chi connectivity index (χ2n) is 4.56. The quantitative estimate of drug-likeness (QED) is 0.875. The first-order valence-corrected chi connectivity index (χ1v) is 6.91. The van der Waals surface area contributed by atoms with Gasteiger partial charge in [0.2, 0.25) is 0 Å². The summed E-state index contributed by atoms with van der Waals surface area (Å²) < 4.78 is 0. The molecule has 0 aliphatic rings. The van der Waals surface area contributed by atoms with E-state index in [2.05, 4.69) is 4.98 Å². The average Bonchev–Trinajstić information content (AvgIpc) is 2.89. The molecule has 4 nitrogen and oxygen atoms in total. The number of benzene rings is 1. The number of carbonyl (C=O) groups is 1. The van der Waals surface area contributed by atoms with E-state index >= 15 is 0 Å². The number of hydrogen-bond donors (Lipinski definition) is 2. The molecule has 19 heavy (non-hydrogen) atoms. The molecule has 0 saturated carbocycles. The predicted molar refractivity (Wildman–Crippen MR) is 75.4 cm³/mol. The lowest BCUT2D eigenvalue weighted by atomic mass is 9.75. The molecule has 0 radical (unpaired) electrons. The van der Waals surface area contributed by atoms with E-state index in [1.54, 1.807) is 5.51 Å². The van der Waals surface area contributed by atoms with Gasteiger partial charge in [-0.25, -0.2) is 4.98 Å². The van der Waals surface area contributed by atoms with Gasteiger partial charge in [-0.05, 0) is 18.1 Å². The number of aliphatic carboxylic acids is 1. The van der Waals surface area contributed by atoms with Gasteiger partial charge in [0.1, 0.15) is 5.41 Å². The molecular formula is C14H16N2O2S. The van der Waals surface area contributed by atoms with Crippen molar-refractivity contribution in [2.75, 3.05) is 6.54 Å². The van der Waals surface area contributed by atoms with Crippen LogP contribution >= 0.6 is 11.3 Å². The van der Waals surface area contributed by atoms with Crippen LogP contribution in [0.15, 0.2) is 35.2 Å². The van der Waals surface area contributed by atoms with Crippen molar-refractivity contribution in [2.45, 2.75) is 18.8 Å². The van der Waals surface area contributed by atoms with Crippen LogP contribution in [0, 0.1) is 6.92 Å². The third kappa shape index (κ3) is 2.52. The molecule has 0 bridgehead atoms. The molecule has 2 aromatic rings. The van der Waals surface area contributed by atoms with Crippen LogP contribution in [0.4, 0.5) is 0 Å². The number of nitrogens with zero attached hydrogens (tertiary/aromatic N) is 1. The van der Waals surface area contributed by atoms with E-state index in [-0.39, 0.29) is 6.54 Å². The molecule has 2 rings (SSSR count). The lowest BCUT2D eigenvalue weighted by molar-refractivity contribution is -0.143. The second kappa shape index (κ2) is 5.50. The minimum absolute atomic E-state index is 0.0463. The summed E-state index contributed by atoms with van der Waals surface area (Å²) >= 11 is 1.46. The van der Waals surface area contributed by atoms with Gasteiger partial charge in [0.05, 0.1) is 11.2 Å². The van der Waals surface area contributed by atoms with Crippen LogP contribution in [0.5, 0.6) is 0 Å². The van der Waals surface area contributed by atoms with E-state index in [1.165, 1.54) is 11.3 Å². The maximum atomic E-state index is 11.8. The molecule has 1 unspecified atom stereocenters. The standard InChI is InChI=1S/C14H16N2O2S/c1-10-4-2-3-5-12(10)14(8-15,13(17)18)6-11-7-19-9-16-11/h2-5,7,9H,6,8,15H2,1H3,(H,17,18). The molecule has 100 valence electrons. The number of carboxylic acids is 1. The lowest BCUT2D eigenvalue weighted by Crippen LogP contribution is -2.45. The Kier molecular flexibility index (Phi) is 3.97. The zero-order chi connectivity index (χ0) is 13.9. The van der Waals surface area contributed by atoms with Gasteiger partial charge in [0.25, 0.3) is 0 Å². The van der Waals surface area contributed by atoms with Crippen LogP contribution < -0.4 is 5.73 Å². The van der Waals surface area contributed by atoms with E-state index in [9.17, 15) is 9.90 Å². The first-order chi connectivity index (χ1) is 9.10. The van der Waals surface area contributed by atoms with Crippen molar-refractivity contribution in [3.8, 4) is 0 Å². The number of thiazole rings is 1. The van der Waals surface area contributed by atoms with Crippen molar-refractivity contribution in [3.05, 3.63) is 52.0 Å². The fourth-order valence-corrected chi connectivity index (χ4v) is 2.86. The summed E-state index contributed by atoms with van der Waals surface area (Å²) in [7, 11) is 0. The van der Waals surface area contributed by atoms with Crippen LogP contribution in [0.25, 0.3) is 0 Å². The molecule has 3 N–H and O–H groups in total. The van der Waals surface area contributed by atoms with Gasteiger partial charge in [0, 0.05) is 18.3 Å². The summed E-state index contributed by atoms with van der Waals surface area (Å²) in [5, 5.41) is 11.6. The largest absolute Gasteiger partial charge is 0.481 e. The van der Waals surface area contributed by atoms with Crippen molar-refractivity contribution >= 4 is 17.3 Å². The third-order valence-corrected chi connectivity index (χ3v) is 4.02. The number of carboxylic acid groups (broad SMARTS) is 1. The van der Waals surface area contributed by atoms with Gasteiger partial charge in [0.15, 0.2) is 0 Å². The molecule has 0 aliphatic carbocycles. The molecule has 1 heterocycles. The minimum atomic E-state index is -1.11. The van der Waals surface area contributed by atoms with Crippen LogP contribution in [0.1, 0.15) is 16.8 Å². The van der Waals surface area contributed by atoms with E-state index in [4.69, 9.17) is 5.73 Å². The molecule has 0 saturated heterocycles. The Morgan fingerprint density at radius 2 is 2.21 bits per heavy atom. The lowest BCUT2D eigenvalue weighted by Gasteiger charge is -2.29. The zero-order valence-corrected chi connectivity index (χ0v) is 11.5. The summed E-state index contributed by atoms with van der Waals surface area (Å²) in [4.78, 5) is 16.0. The van der Waals surface area contributed by atoms with Gasteiger partial charge in [-0.2, -0.15) is 0 Å². The van der Waals surface area contributed by atoms with Crippen molar-refractivity contribution in [2.24, 2.45) is 5.73 Å². The molecule has 1 atom stereocenters. The fraction of sp³-hybridized carbons (Fsp3) is 0.286. The summed E-state index contributed by atoms with van der Waals surface area (Å²) in [6.45, 7) is 1.95. The van der Waals surface area contributed by atoms with E-state index in [0.717, 1.165) is 16.8 Å². The first kappa shape index (κ1) is 13.7. The number of nitrogens with two attached hydrogens (primary N) is 1. The summed E-state index contributed by atoms with van der Waals surface area (Å²) in [6, 6.07) is 7.48. The number of aryl methyl sites for hydroxylation is 1. The normalized spacial score (nSPS) is 14.0. The molecule has 0 spiro atoms. The molecule has 1 aromatic carbocycles. The van der Waals surface area contributed by atoms with Crippen LogP contribution in [0.2, 0.25) is 0 Å². The first-order valence-electron chi connectivity index (χ1n) is 5.97. The highest BCUT2D eigenvalue weighted by Gasteiger charge is 2.40. The number of hydrogen-bond acceptors (Lipinski definition) is 4. The van der Waals surface area contributed by atoms with Gasteiger partial charge in [-0.1, -0.05) is 24.3 Å². The fourth-order valence-electron chi connectivity index (χ4n) is 2.30. The van der Waals surface area contributed by atoms with Gasteiger partial charge < -0.3 is 10.8 Å². The topological polar surface area (TPSA) is 76.2 Å². The van der Waals surface area contributed by atoms with Crippen LogP contribution in [0.3, 0.4) is 0 Å². The molecule has 0 fully saturated rings. The monoisotopic (exact) mass is 276 g/mol. The Bertz CT molecular complexity index is 569. The smallest absolute Gasteiger partial charge is 0.315 e. The average molecular weight is 276 g/mol. The highest BCUT2D eigenvalue weighted by molar-refractivity contribution is 7.07. The summed E-state index contributed by atoms with van der Waals surface area (Å²) in [5.41, 5.74) is 8.88. The highest BCUT2D eigenvalue weighted by Crippen LogP contribution is 2.30. The third-order valence-electron chi connectivity index (χ3n) is 3.38. The van der Waals surface area contributed by atoms with Gasteiger partial charge >= 0.3 is 5.97 Å². The molecule has 5 heteroatoms. The highest BCUT2D eigenvalue weighted by atomic mass is 32.1. The summed E-state index contributed by atoms with van der Waals surface area (Å²) in [6.07, 6.45) is 0.313. The van der Waals surface area contributed by atoms with Gasteiger partial charge in [-0.3, -0.25) is 4.79 Å². The molecule has 1 aromatic heterocycles. The zero-order valence-electron chi connectivity index (χ0n) is 10.7. The maximum Gasteiger partial charge on any atom is 0.315 e. The Morgan fingerprint density at radius 3 is 2.74 bits per heavy atom. The van der Waals surface area contributed by atoms with Crippen LogP contribution in [-0.4, -0.2) is 22.6 Å². The summed E-state index contributed by atoms with van der Waals surface area (Å²) in [5.74, 6) is -0.905. The van der Waals surface area contributed by atoms with Crippen molar-refractivity contribution < 1.29 is 9.90 Å². The Balaban J connectivity index is 2.51. The van der Waals surface area contributed by atoms with Crippen molar-refractivity contribution in [1.82, 2.24) is 4.98 Å². The van der Waals surface area contributed by atoms with E-state index < -0.39 is 11.4 Å². The molecule has 0 amide bonds. The molecular weight excluding hydrogens is 260 g/mol. The van der Waals surface area contributed by atoms with E-state index in [0.29, 0.717) is 6.42 Å². The maximum absolute atomic E-state index is 11.8. The van der Waals surface area contributed by atoms with Crippen LogP contribution in [-0.2, 0) is 16.6 Å². The Hall–Kier alpha value is -1.72. The van der Waals surface area contributed by atoms with Crippen molar-refractivity contribution in [3.63, 3.8) is 0 Å². The van der Waals surface area contributed by atoms with Crippen molar-refractivity contribution in [1.29, 1.82) is 0 Å². The second-order valence-corrected chi connectivity index (χ2v) is 5.28. The molecule has 0 aliphatic heterocycles. The Morgan fingerprint density at radius 1 is 1.47 bits per heavy atom. The van der Waals surface area contributed by atoms with Gasteiger partial charge in [-0.15, -0.1) is 11.3 Å². The SMILES string of the molecule is Cc1ccccc1C(CN)(Cc1cscn1)C(=O)O.